The molecule has 1 aliphatic heterocycles. The molecule has 0 amide bonds. The topological polar surface area (TPSA) is 62.3 Å². The highest BCUT2D eigenvalue weighted by atomic mass is 16.5. The second-order valence-corrected chi connectivity index (χ2v) is 5.41. The van der Waals surface area contributed by atoms with E-state index in [1.165, 1.54) is 0 Å². The zero-order chi connectivity index (χ0) is 15.6. The number of aromatic nitrogens is 2. The van der Waals surface area contributed by atoms with Gasteiger partial charge in [0.05, 0.1) is 17.2 Å². The van der Waals surface area contributed by atoms with Crippen molar-refractivity contribution >= 4 is 29.3 Å². The smallest absolute Gasteiger partial charge is 0.222 e. The summed E-state index contributed by atoms with van der Waals surface area (Å²) in [5.41, 5.74) is 6.89. The van der Waals surface area contributed by atoms with Gasteiger partial charge in [-0.15, -0.1) is 0 Å². The van der Waals surface area contributed by atoms with E-state index in [2.05, 4.69) is 26.6 Å². The third-order valence-corrected chi connectivity index (χ3v) is 3.79. The molecule has 2 N–H and O–H groups in total. The highest BCUT2D eigenvalue weighted by Gasteiger charge is 2.16. The first kappa shape index (κ1) is 13.6. The summed E-state index contributed by atoms with van der Waals surface area (Å²) in [4.78, 5) is 7.59. The number of hydrogen-bond acceptors (Lipinski definition) is 4. The van der Waals surface area contributed by atoms with Crippen molar-refractivity contribution in [2.24, 2.45) is 5.10 Å². The van der Waals surface area contributed by atoms with Crippen LogP contribution >= 0.6 is 0 Å². The molecule has 4 rings (SSSR count). The Kier molecular flexibility index (Phi) is 3.31. The molecule has 0 fully saturated rings. The van der Waals surface area contributed by atoms with Crippen molar-refractivity contribution in [2.75, 3.05) is 5.43 Å². The monoisotopic (exact) mass is 304 g/mol. The Morgan fingerprint density at radius 1 is 1.17 bits per heavy atom. The van der Waals surface area contributed by atoms with Crippen LogP contribution < -0.4 is 10.2 Å². The lowest BCUT2D eigenvalue weighted by Crippen LogP contribution is -2.19. The fraction of sp³-hybridized carbons (Fsp3) is 0.111. The maximum absolute atomic E-state index is 5.88. The van der Waals surface area contributed by atoms with Crippen LogP contribution in [0.1, 0.15) is 12.5 Å². The second-order valence-electron chi connectivity index (χ2n) is 5.41. The zero-order valence-corrected chi connectivity index (χ0v) is 12.7. The summed E-state index contributed by atoms with van der Waals surface area (Å²) in [5.74, 6) is 1.52. The minimum Gasteiger partial charge on any atom is -0.485 e. The van der Waals surface area contributed by atoms with Gasteiger partial charge in [0.2, 0.25) is 5.95 Å². The number of rotatable bonds is 3. The highest BCUT2D eigenvalue weighted by Crippen LogP contribution is 2.28. The minimum atomic E-state index is -0.0360. The number of H-pyrrole nitrogens is 1. The normalized spacial score (nSPS) is 16.9. The number of imidazole rings is 1. The number of hydrazone groups is 1. The molecular formula is C18H16N4O. The minimum absolute atomic E-state index is 0.0360. The Morgan fingerprint density at radius 2 is 2.00 bits per heavy atom. The Hall–Kier alpha value is -3.08. The molecule has 1 aromatic heterocycles. The van der Waals surface area contributed by atoms with Crippen molar-refractivity contribution in [3.05, 3.63) is 59.7 Å². The van der Waals surface area contributed by atoms with E-state index in [9.17, 15) is 0 Å². The molecule has 114 valence electrons. The third-order valence-electron chi connectivity index (χ3n) is 3.79. The van der Waals surface area contributed by atoms with Crippen molar-refractivity contribution in [3.8, 4) is 5.75 Å². The predicted molar refractivity (Wildman–Crippen MR) is 92.7 cm³/mol. The highest BCUT2D eigenvalue weighted by molar-refractivity contribution is 5.89. The molecule has 3 aromatic rings. The van der Waals surface area contributed by atoms with E-state index >= 15 is 0 Å². The summed E-state index contributed by atoms with van der Waals surface area (Å²) in [6, 6.07) is 15.8. The Bertz CT molecular complexity index is 877. The van der Waals surface area contributed by atoms with E-state index in [0.29, 0.717) is 5.95 Å². The van der Waals surface area contributed by atoms with Crippen LogP contribution in [-0.4, -0.2) is 22.3 Å². The first-order valence-electron chi connectivity index (χ1n) is 7.51. The molecule has 5 nitrogen and oxygen atoms in total. The Morgan fingerprint density at radius 3 is 2.91 bits per heavy atom. The van der Waals surface area contributed by atoms with Gasteiger partial charge < -0.3 is 9.72 Å². The van der Waals surface area contributed by atoms with Crippen molar-refractivity contribution in [1.82, 2.24) is 9.97 Å². The summed E-state index contributed by atoms with van der Waals surface area (Å²) >= 11 is 0. The standard InChI is InChI=1S/C18H16N4O/c1-12-14(10-13-6-2-5-9-17(13)23-12)11-19-22-18-20-15-7-3-4-8-16(15)21-18/h2-12H,1H3,(H2,20,21,22)/b19-11-/t12-/m0/s1. The van der Waals surface area contributed by atoms with Crippen LogP contribution in [0.3, 0.4) is 0 Å². The maximum Gasteiger partial charge on any atom is 0.222 e. The van der Waals surface area contributed by atoms with Crippen molar-refractivity contribution in [1.29, 1.82) is 0 Å². The number of fused-ring (bicyclic) bond motifs is 2. The number of aromatic amines is 1. The molecule has 0 spiro atoms. The summed E-state index contributed by atoms with van der Waals surface area (Å²) < 4.78 is 5.88. The number of benzene rings is 2. The summed E-state index contributed by atoms with van der Waals surface area (Å²) in [6.45, 7) is 2.01. The lowest BCUT2D eigenvalue weighted by molar-refractivity contribution is 0.260. The van der Waals surface area contributed by atoms with Gasteiger partial charge in [-0.3, -0.25) is 0 Å². The van der Waals surface area contributed by atoms with Crippen LogP contribution in [-0.2, 0) is 0 Å². The van der Waals surface area contributed by atoms with E-state index in [1.807, 2.05) is 55.5 Å². The van der Waals surface area contributed by atoms with Crippen LogP contribution in [0.25, 0.3) is 17.1 Å². The van der Waals surface area contributed by atoms with Gasteiger partial charge >= 0.3 is 0 Å². The lowest BCUT2D eigenvalue weighted by atomic mass is 10.0. The van der Waals surface area contributed by atoms with Crippen LogP contribution in [0.2, 0.25) is 0 Å². The molecule has 23 heavy (non-hydrogen) atoms. The molecule has 0 unspecified atom stereocenters. The van der Waals surface area contributed by atoms with Crippen molar-refractivity contribution in [3.63, 3.8) is 0 Å². The average Bonchev–Trinajstić information content (AvgIpc) is 2.98. The summed E-state index contributed by atoms with van der Waals surface area (Å²) in [5, 5.41) is 4.27. The van der Waals surface area contributed by atoms with Gasteiger partial charge in [0.25, 0.3) is 0 Å². The molecule has 0 saturated carbocycles. The number of nitrogens with zero attached hydrogens (tertiary/aromatic N) is 2. The SMILES string of the molecule is C[C@@H]1Oc2ccccc2C=C1/C=N\Nc1nc2ccccc2[nH]1. The van der Waals surface area contributed by atoms with Gasteiger partial charge in [0.15, 0.2) is 0 Å². The zero-order valence-electron chi connectivity index (χ0n) is 12.7. The summed E-state index contributed by atoms with van der Waals surface area (Å²) in [7, 11) is 0. The predicted octanol–water partition coefficient (Wildman–Crippen LogP) is 3.83. The van der Waals surface area contributed by atoms with Crippen molar-refractivity contribution in [2.45, 2.75) is 13.0 Å². The van der Waals surface area contributed by atoms with Gasteiger partial charge in [-0.1, -0.05) is 30.3 Å². The first-order chi connectivity index (χ1) is 11.3. The Balaban J connectivity index is 1.53. The number of anilines is 1. The van der Waals surface area contributed by atoms with E-state index in [-0.39, 0.29) is 6.10 Å². The molecule has 1 atom stereocenters. The van der Waals surface area contributed by atoms with Crippen LogP contribution in [0.15, 0.2) is 59.2 Å². The Labute approximate surface area is 133 Å². The molecular weight excluding hydrogens is 288 g/mol. The maximum atomic E-state index is 5.88. The fourth-order valence-electron chi connectivity index (χ4n) is 2.58. The molecule has 0 saturated heterocycles. The molecule has 0 radical (unpaired) electrons. The number of hydrogen-bond donors (Lipinski definition) is 2. The van der Waals surface area contributed by atoms with Crippen molar-refractivity contribution < 1.29 is 4.74 Å². The molecule has 2 heterocycles. The number of ether oxygens (including phenoxy) is 1. The van der Waals surface area contributed by atoms with Crippen LogP contribution in [0, 0.1) is 0 Å². The third kappa shape index (κ3) is 2.68. The molecule has 0 aliphatic carbocycles. The second kappa shape index (κ2) is 5.61. The fourth-order valence-corrected chi connectivity index (χ4v) is 2.58. The average molecular weight is 304 g/mol. The van der Waals surface area contributed by atoms with E-state index < -0.39 is 0 Å². The first-order valence-corrected chi connectivity index (χ1v) is 7.51. The van der Waals surface area contributed by atoms with Gasteiger partial charge in [-0.25, -0.2) is 10.4 Å². The van der Waals surface area contributed by atoms with Gasteiger partial charge in [-0.2, -0.15) is 5.10 Å². The summed E-state index contributed by atoms with van der Waals surface area (Å²) in [6.07, 6.45) is 3.83. The molecule has 2 aromatic carbocycles. The van der Waals surface area contributed by atoms with E-state index in [4.69, 9.17) is 4.74 Å². The van der Waals surface area contributed by atoms with E-state index in [1.54, 1.807) is 6.21 Å². The largest absolute Gasteiger partial charge is 0.485 e. The molecule has 5 heteroatoms. The number of nitrogens with one attached hydrogen (secondary N) is 2. The number of para-hydroxylation sites is 3. The van der Waals surface area contributed by atoms with Gasteiger partial charge in [-0.05, 0) is 31.2 Å². The van der Waals surface area contributed by atoms with Gasteiger partial charge in [0.1, 0.15) is 11.9 Å². The van der Waals surface area contributed by atoms with E-state index in [0.717, 1.165) is 27.9 Å². The molecule has 1 aliphatic rings. The van der Waals surface area contributed by atoms with Gasteiger partial charge in [0, 0.05) is 11.1 Å². The molecule has 0 bridgehead atoms. The van der Waals surface area contributed by atoms with Crippen LogP contribution in [0.4, 0.5) is 5.95 Å². The van der Waals surface area contributed by atoms with Crippen LogP contribution in [0.5, 0.6) is 5.75 Å². The lowest BCUT2D eigenvalue weighted by Gasteiger charge is -2.22. The quantitative estimate of drug-likeness (QED) is 0.571.